The highest BCUT2D eigenvalue weighted by Gasteiger charge is 2.14. The third-order valence-corrected chi connectivity index (χ3v) is 5.72. The van der Waals surface area contributed by atoms with Gasteiger partial charge in [0.15, 0.2) is 18.1 Å². The van der Waals surface area contributed by atoms with Crippen molar-refractivity contribution in [2.75, 3.05) is 19.0 Å². The van der Waals surface area contributed by atoms with Gasteiger partial charge >= 0.3 is 0 Å². The van der Waals surface area contributed by atoms with Gasteiger partial charge in [0.05, 0.1) is 29.2 Å². The molecule has 0 radical (unpaired) electrons. The van der Waals surface area contributed by atoms with Gasteiger partial charge in [-0.3, -0.25) is 9.59 Å². The number of nitrogens with one attached hydrogen (secondary N) is 1. The Kier molecular flexibility index (Phi) is 7.48. The number of amides is 1. The van der Waals surface area contributed by atoms with E-state index in [1.165, 1.54) is 18.0 Å². The Hall–Kier alpha value is -3.69. The van der Waals surface area contributed by atoms with Gasteiger partial charge in [-0.05, 0) is 55.0 Å². The molecule has 4 aromatic rings. The molecule has 8 nitrogen and oxygen atoms in total. The Morgan fingerprint density at radius 1 is 1.20 bits per heavy atom. The summed E-state index contributed by atoms with van der Waals surface area (Å²) in [4.78, 5) is 29.6. The van der Waals surface area contributed by atoms with Crippen molar-refractivity contribution in [2.24, 2.45) is 5.10 Å². The van der Waals surface area contributed by atoms with Crippen LogP contribution in [-0.4, -0.2) is 35.5 Å². The molecular formula is C25H20BrClN4O4. The number of anilines is 1. The number of ether oxygens (including phenoxy) is 2. The molecule has 10 heteroatoms. The molecule has 1 aromatic heterocycles. The Bertz CT molecular complexity index is 1490. The number of carbonyl (C=O) groups excluding carboxylic acids is 1. The summed E-state index contributed by atoms with van der Waals surface area (Å²) in [5, 5.41) is 7.71. The van der Waals surface area contributed by atoms with E-state index in [-0.39, 0.29) is 28.8 Å². The number of methoxy groups -OCH3 is 1. The van der Waals surface area contributed by atoms with Crippen molar-refractivity contribution in [1.29, 1.82) is 0 Å². The van der Waals surface area contributed by atoms with Gasteiger partial charge in [0, 0.05) is 10.2 Å². The summed E-state index contributed by atoms with van der Waals surface area (Å²) >= 11 is 9.79. The number of nitrogens with zero attached hydrogens (tertiary/aromatic N) is 3. The molecule has 3 aromatic carbocycles. The predicted molar refractivity (Wildman–Crippen MR) is 140 cm³/mol. The topological polar surface area (TPSA) is 94.8 Å². The van der Waals surface area contributed by atoms with Crippen molar-refractivity contribution in [3.05, 3.63) is 91.9 Å². The Morgan fingerprint density at radius 2 is 1.97 bits per heavy atom. The molecular weight excluding hydrogens is 536 g/mol. The number of para-hydroxylation sites is 1. The average molecular weight is 556 g/mol. The van der Waals surface area contributed by atoms with E-state index in [1.54, 1.807) is 43.3 Å². The number of aryl methyl sites for hydroxylation is 1. The van der Waals surface area contributed by atoms with E-state index in [0.29, 0.717) is 33.7 Å². The molecule has 1 N–H and O–H groups in total. The van der Waals surface area contributed by atoms with E-state index < -0.39 is 0 Å². The third kappa shape index (κ3) is 5.70. The maximum atomic E-state index is 12.9. The highest BCUT2D eigenvalue weighted by atomic mass is 79.9. The number of benzene rings is 3. The van der Waals surface area contributed by atoms with Gasteiger partial charge in [-0.15, -0.1) is 0 Å². The zero-order valence-electron chi connectivity index (χ0n) is 18.8. The lowest BCUT2D eigenvalue weighted by molar-refractivity contribution is -0.118. The van der Waals surface area contributed by atoms with Gasteiger partial charge in [-0.1, -0.05) is 45.7 Å². The van der Waals surface area contributed by atoms with E-state index in [9.17, 15) is 9.59 Å². The lowest BCUT2D eigenvalue weighted by Gasteiger charge is -2.13. The van der Waals surface area contributed by atoms with E-state index in [2.05, 4.69) is 31.3 Å². The van der Waals surface area contributed by atoms with Gasteiger partial charge in [-0.2, -0.15) is 9.78 Å². The Labute approximate surface area is 214 Å². The van der Waals surface area contributed by atoms with Gasteiger partial charge in [0.25, 0.3) is 11.5 Å². The number of aromatic nitrogens is 2. The highest BCUT2D eigenvalue weighted by Crippen LogP contribution is 2.36. The number of halogens is 2. The van der Waals surface area contributed by atoms with Crippen LogP contribution in [0.25, 0.3) is 10.9 Å². The van der Waals surface area contributed by atoms with Crippen molar-refractivity contribution in [1.82, 2.24) is 9.66 Å². The van der Waals surface area contributed by atoms with Gasteiger partial charge in [-0.25, -0.2) is 4.98 Å². The second-order valence-electron chi connectivity index (χ2n) is 7.42. The molecule has 0 fully saturated rings. The summed E-state index contributed by atoms with van der Waals surface area (Å²) in [6.45, 7) is 1.44. The second kappa shape index (κ2) is 10.7. The molecule has 0 atom stereocenters. The SMILES string of the molecule is COc1cc(C=Nn2c(C)nc3ccc(Br)cc3c2=O)cc(Cl)c1OCC(=O)Nc1ccccc1. The fourth-order valence-corrected chi connectivity index (χ4v) is 3.97. The molecule has 1 heterocycles. The first-order valence-electron chi connectivity index (χ1n) is 10.4. The number of hydrogen-bond acceptors (Lipinski definition) is 6. The second-order valence-corrected chi connectivity index (χ2v) is 8.74. The number of rotatable bonds is 7. The maximum absolute atomic E-state index is 12.9. The molecule has 0 spiro atoms. The first-order valence-corrected chi connectivity index (χ1v) is 11.6. The minimum atomic E-state index is -0.342. The van der Waals surface area contributed by atoms with Crippen LogP contribution in [0.3, 0.4) is 0 Å². The third-order valence-electron chi connectivity index (χ3n) is 4.95. The average Bonchev–Trinajstić information content (AvgIpc) is 2.84. The molecule has 0 unspecified atom stereocenters. The summed E-state index contributed by atoms with van der Waals surface area (Å²) < 4.78 is 13.0. The molecule has 0 aliphatic rings. The van der Waals surface area contributed by atoms with Gasteiger partial charge in [0.2, 0.25) is 0 Å². The summed E-state index contributed by atoms with van der Waals surface area (Å²) in [5.74, 6) is 0.630. The summed E-state index contributed by atoms with van der Waals surface area (Å²) in [6, 6.07) is 17.6. The normalized spacial score (nSPS) is 11.1. The summed E-state index contributed by atoms with van der Waals surface area (Å²) in [7, 11) is 1.46. The Morgan fingerprint density at radius 3 is 2.71 bits per heavy atom. The van der Waals surface area contributed by atoms with E-state index in [0.717, 1.165) is 4.47 Å². The maximum Gasteiger partial charge on any atom is 0.282 e. The number of hydrogen-bond donors (Lipinski definition) is 1. The molecule has 0 aliphatic heterocycles. The van der Waals surface area contributed by atoms with Crippen LogP contribution >= 0.6 is 27.5 Å². The van der Waals surface area contributed by atoms with Crippen LogP contribution < -0.4 is 20.3 Å². The smallest absolute Gasteiger partial charge is 0.282 e. The highest BCUT2D eigenvalue weighted by molar-refractivity contribution is 9.10. The van der Waals surface area contributed by atoms with Crippen molar-refractivity contribution >= 4 is 56.2 Å². The predicted octanol–water partition coefficient (Wildman–Crippen LogP) is 5.03. The van der Waals surface area contributed by atoms with Crippen LogP contribution in [0.5, 0.6) is 11.5 Å². The van der Waals surface area contributed by atoms with Crippen molar-refractivity contribution in [3.8, 4) is 11.5 Å². The van der Waals surface area contributed by atoms with Crippen LogP contribution in [0.2, 0.25) is 5.02 Å². The van der Waals surface area contributed by atoms with Crippen LogP contribution in [-0.2, 0) is 4.79 Å². The molecule has 0 saturated carbocycles. The summed E-state index contributed by atoms with van der Waals surface area (Å²) in [5.41, 5.74) is 1.51. The minimum absolute atomic E-state index is 0.222. The first-order chi connectivity index (χ1) is 16.9. The van der Waals surface area contributed by atoms with Crippen molar-refractivity contribution < 1.29 is 14.3 Å². The van der Waals surface area contributed by atoms with Crippen molar-refractivity contribution in [3.63, 3.8) is 0 Å². The largest absolute Gasteiger partial charge is 0.493 e. The lowest BCUT2D eigenvalue weighted by Crippen LogP contribution is -2.21. The van der Waals surface area contributed by atoms with E-state index in [4.69, 9.17) is 21.1 Å². The zero-order chi connectivity index (χ0) is 24.9. The van der Waals surface area contributed by atoms with Crippen LogP contribution in [0.4, 0.5) is 5.69 Å². The number of fused-ring (bicyclic) bond motifs is 1. The van der Waals surface area contributed by atoms with E-state index >= 15 is 0 Å². The molecule has 0 bridgehead atoms. The molecule has 1 amide bonds. The van der Waals surface area contributed by atoms with Crippen LogP contribution in [0, 0.1) is 6.92 Å². The minimum Gasteiger partial charge on any atom is -0.493 e. The monoisotopic (exact) mass is 554 g/mol. The van der Waals surface area contributed by atoms with E-state index in [1.807, 2.05) is 24.3 Å². The quantitative estimate of drug-likeness (QED) is 0.323. The molecule has 4 rings (SSSR count). The zero-order valence-corrected chi connectivity index (χ0v) is 21.1. The lowest BCUT2D eigenvalue weighted by atomic mass is 10.2. The molecule has 0 aliphatic carbocycles. The Balaban J connectivity index is 1.55. The molecule has 178 valence electrons. The standard InChI is InChI=1S/C25H20BrClN4O4/c1-15-29-21-9-8-17(26)12-19(21)25(33)31(15)28-13-16-10-20(27)24(22(11-16)34-2)35-14-23(32)30-18-6-4-3-5-7-18/h3-13H,14H2,1-2H3,(H,30,32). The fourth-order valence-electron chi connectivity index (χ4n) is 3.33. The summed E-state index contributed by atoms with van der Waals surface area (Å²) in [6.07, 6.45) is 1.47. The fraction of sp³-hybridized carbons (Fsp3) is 0.120. The van der Waals surface area contributed by atoms with Gasteiger partial charge in [0.1, 0.15) is 5.82 Å². The van der Waals surface area contributed by atoms with Crippen LogP contribution in [0.15, 0.2) is 75.0 Å². The number of carbonyl (C=O) groups is 1. The van der Waals surface area contributed by atoms with Gasteiger partial charge < -0.3 is 14.8 Å². The molecule has 0 saturated heterocycles. The first kappa shape index (κ1) is 24.4. The molecule has 35 heavy (non-hydrogen) atoms. The van der Waals surface area contributed by atoms with Crippen molar-refractivity contribution in [2.45, 2.75) is 6.92 Å². The van der Waals surface area contributed by atoms with Crippen LogP contribution in [0.1, 0.15) is 11.4 Å².